The lowest BCUT2D eigenvalue weighted by atomic mass is 9.84. The van der Waals surface area contributed by atoms with Crippen molar-refractivity contribution < 1.29 is 23.8 Å². The first-order chi connectivity index (χ1) is 8.06. The van der Waals surface area contributed by atoms with E-state index in [2.05, 4.69) is 4.74 Å². The summed E-state index contributed by atoms with van der Waals surface area (Å²) in [5, 5.41) is 0. The topological polar surface area (TPSA) is 61.8 Å². The molecule has 2 saturated carbocycles. The molecule has 2 rings (SSSR count). The Morgan fingerprint density at radius 1 is 0.824 bits per heavy atom. The first-order valence-corrected chi connectivity index (χ1v) is 6.15. The highest BCUT2D eigenvalue weighted by molar-refractivity contribution is 5.77. The molecule has 4 atom stereocenters. The Labute approximate surface area is 100 Å². The van der Waals surface area contributed by atoms with Gasteiger partial charge in [-0.05, 0) is 37.5 Å². The fraction of sp³-hybridized carbons (Fsp3) is 0.833. The number of hydrogen-bond acceptors (Lipinski definition) is 5. The number of rotatable bonds is 2. The zero-order valence-corrected chi connectivity index (χ0v) is 10.2. The van der Waals surface area contributed by atoms with Gasteiger partial charge in [0.05, 0.1) is 0 Å². The largest absolute Gasteiger partial charge is 0.518 e. The lowest BCUT2D eigenvalue weighted by molar-refractivity contribution is -0.0522. The Balaban J connectivity index is 1.65. The van der Waals surface area contributed by atoms with Crippen LogP contribution in [-0.4, -0.2) is 24.5 Å². The predicted octanol–water partition coefficient (Wildman–Crippen LogP) is 2.87. The van der Waals surface area contributed by atoms with Crippen LogP contribution < -0.4 is 0 Å². The van der Waals surface area contributed by atoms with Gasteiger partial charge in [-0.2, -0.15) is 0 Å². The van der Waals surface area contributed by atoms with E-state index in [0.717, 1.165) is 25.7 Å². The fourth-order valence-corrected chi connectivity index (χ4v) is 1.99. The standard InChI is InChI=1S/C12H18O5/c1-7-3-5-9(7)15-11(13)17-12(14)16-10-6-4-8(10)2/h7-10H,3-6H2,1-2H3. The average Bonchev–Trinajstić information content (AvgIpc) is 2.29. The molecule has 0 aromatic rings. The first-order valence-electron chi connectivity index (χ1n) is 6.15. The maximum Gasteiger partial charge on any atom is 0.518 e. The molecule has 0 spiro atoms. The molecule has 96 valence electrons. The van der Waals surface area contributed by atoms with Gasteiger partial charge in [0.25, 0.3) is 0 Å². The predicted molar refractivity (Wildman–Crippen MR) is 58.4 cm³/mol. The van der Waals surface area contributed by atoms with Crippen LogP contribution in [0.1, 0.15) is 39.5 Å². The molecular weight excluding hydrogens is 224 g/mol. The van der Waals surface area contributed by atoms with Gasteiger partial charge in [0.15, 0.2) is 0 Å². The van der Waals surface area contributed by atoms with Crippen molar-refractivity contribution in [1.82, 2.24) is 0 Å². The molecule has 5 nitrogen and oxygen atoms in total. The Bertz CT molecular complexity index is 284. The second-order valence-corrected chi connectivity index (χ2v) is 5.02. The van der Waals surface area contributed by atoms with Crippen molar-refractivity contribution in [3.8, 4) is 0 Å². The lowest BCUT2D eigenvalue weighted by Crippen LogP contribution is -2.37. The van der Waals surface area contributed by atoms with E-state index in [-0.39, 0.29) is 12.2 Å². The van der Waals surface area contributed by atoms with E-state index in [9.17, 15) is 9.59 Å². The second-order valence-electron chi connectivity index (χ2n) is 5.02. The van der Waals surface area contributed by atoms with Crippen LogP contribution in [0.25, 0.3) is 0 Å². The van der Waals surface area contributed by atoms with Gasteiger partial charge < -0.3 is 14.2 Å². The van der Waals surface area contributed by atoms with Crippen LogP contribution in [0, 0.1) is 11.8 Å². The molecule has 0 aliphatic heterocycles. The summed E-state index contributed by atoms with van der Waals surface area (Å²) in [6, 6.07) is 0. The third kappa shape index (κ3) is 2.90. The number of carbonyl (C=O) groups excluding carboxylic acids is 2. The Morgan fingerprint density at radius 2 is 1.24 bits per heavy atom. The third-order valence-corrected chi connectivity index (χ3v) is 3.74. The second kappa shape index (κ2) is 4.94. The van der Waals surface area contributed by atoms with Crippen LogP contribution in [0.5, 0.6) is 0 Å². The van der Waals surface area contributed by atoms with Gasteiger partial charge >= 0.3 is 12.3 Å². The monoisotopic (exact) mass is 242 g/mol. The highest BCUT2D eigenvalue weighted by Gasteiger charge is 2.34. The van der Waals surface area contributed by atoms with Crippen LogP contribution in [0.3, 0.4) is 0 Å². The lowest BCUT2D eigenvalue weighted by Gasteiger charge is -2.33. The van der Waals surface area contributed by atoms with E-state index in [4.69, 9.17) is 9.47 Å². The quantitative estimate of drug-likeness (QED) is 0.550. The van der Waals surface area contributed by atoms with Gasteiger partial charge in [0.2, 0.25) is 0 Å². The van der Waals surface area contributed by atoms with Crippen LogP contribution in [0.4, 0.5) is 9.59 Å². The maximum atomic E-state index is 11.2. The molecule has 0 saturated heterocycles. The molecule has 5 heteroatoms. The highest BCUT2D eigenvalue weighted by Crippen LogP contribution is 2.31. The zero-order valence-electron chi connectivity index (χ0n) is 10.2. The van der Waals surface area contributed by atoms with Crippen LogP contribution in [0.15, 0.2) is 0 Å². The summed E-state index contributed by atoms with van der Waals surface area (Å²) in [4.78, 5) is 22.5. The molecule has 0 bridgehead atoms. The average molecular weight is 242 g/mol. The van der Waals surface area contributed by atoms with Crippen LogP contribution >= 0.6 is 0 Å². The van der Waals surface area contributed by atoms with Crippen molar-refractivity contribution in [2.75, 3.05) is 0 Å². The van der Waals surface area contributed by atoms with E-state index in [1.807, 2.05) is 13.8 Å². The summed E-state index contributed by atoms with van der Waals surface area (Å²) in [6.45, 7) is 3.99. The molecule has 2 aliphatic rings. The van der Waals surface area contributed by atoms with E-state index in [1.54, 1.807) is 0 Å². The summed E-state index contributed by atoms with van der Waals surface area (Å²) in [5.74, 6) is 0.704. The van der Waals surface area contributed by atoms with Crippen molar-refractivity contribution >= 4 is 12.3 Å². The van der Waals surface area contributed by atoms with Crippen molar-refractivity contribution in [2.24, 2.45) is 11.8 Å². The summed E-state index contributed by atoms with van der Waals surface area (Å²) < 4.78 is 14.4. The summed E-state index contributed by atoms with van der Waals surface area (Å²) >= 11 is 0. The van der Waals surface area contributed by atoms with Gasteiger partial charge in [-0.3, -0.25) is 0 Å². The normalized spacial score (nSPS) is 35.2. The summed E-state index contributed by atoms with van der Waals surface area (Å²) in [6.07, 6.45) is 1.65. The minimum atomic E-state index is -0.946. The van der Waals surface area contributed by atoms with Gasteiger partial charge in [0, 0.05) is 0 Å². The minimum absolute atomic E-state index is 0.113. The SMILES string of the molecule is CC1CCC1OC(=O)OC(=O)OC1CCC1C. The van der Waals surface area contributed by atoms with E-state index >= 15 is 0 Å². The molecule has 2 fully saturated rings. The number of carbonyl (C=O) groups is 2. The molecule has 2 aliphatic carbocycles. The van der Waals surface area contributed by atoms with Gasteiger partial charge in [-0.1, -0.05) is 13.8 Å². The van der Waals surface area contributed by atoms with Crippen LogP contribution in [-0.2, 0) is 14.2 Å². The van der Waals surface area contributed by atoms with Crippen molar-refractivity contribution in [3.05, 3.63) is 0 Å². The minimum Gasteiger partial charge on any atom is -0.430 e. The molecule has 0 aromatic carbocycles. The molecule has 0 N–H and O–H groups in total. The third-order valence-electron chi connectivity index (χ3n) is 3.74. The molecule has 0 radical (unpaired) electrons. The molecule has 0 amide bonds. The molecule has 0 heterocycles. The van der Waals surface area contributed by atoms with Gasteiger partial charge in [-0.25, -0.2) is 9.59 Å². The maximum absolute atomic E-state index is 11.2. The van der Waals surface area contributed by atoms with Crippen molar-refractivity contribution in [3.63, 3.8) is 0 Å². The smallest absolute Gasteiger partial charge is 0.430 e. The van der Waals surface area contributed by atoms with E-state index in [1.165, 1.54) is 0 Å². The molecule has 4 unspecified atom stereocenters. The number of hydrogen-bond donors (Lipinski definition) is 0. The highest BCUT2D eigenvalue weighted by atomic mass is 16.8. The van der Waals surface area contributed by atoms with Gasteiger partial charge in [-0.15, -0.1) is 0 Å². The Hall–Kier alpha value is -1.26. The molecule has 17 heavy (non-hydrogen) atoms. The first kappa shape index (κ1) is 12.2. The van der Waals surface area contributed by atoms with E-state index in [0.29, 0.717) is 11.8 Å². The fourth-order valence-electron chi connectivity index (χ4n) is 1.99. The Kier molecular flexibility index (Phi) is 3.54. The van der Waals surface area contributed by atoms with Crippen molar-refractivity contribution in [1.29, 1.82) is 0 Å². The van der Waals surface area contributed by atoms with Gasteiger partial charge in [0.1, 0.15) is 12.2 Å². The summed E-state index contributed by atoms with van der Waals surface area (Å²) in [7, 11) is 0. The Morgan fingerprint density at radius 3 is 1.47 bits per heavy atom. The van der Waals surface area contributed by atoms with Crippen LogP contribution in [0.2, 0.25) is 0 Å². The summed E-state index contributed by atoms with van der Waals surface area (Å²) in [5.41, 5.74) is 0. The van der Waals surface area contributed by atoms with E-state index < -0.39 is 12.3 Å². The molecular formula is C12H18O5. The molecule has 0 aromatic heterocycles. The zero-order chi connectivity index (χ0) is 12.4. The van der Waals surface area contributed by atoms with Crippen molar-refractivity contribution in [2.45, 2.75) is 51.7 Å². The number of ether oxygens (including phenoxy) is 3.